The molecule has 0 unspecified atom stereocenters. The van der Waals surface area contributed by atoms with E-state index in [2.05, 4.69) is 20.6 Å². The van der Waals surface area contributed by atoms with Gasteiger partial charge in [0.1, 0.15) is 6.33 Å². The van der Waals surface area contributed by atoms with Crippen molar-refractivity contribution in [2.75, 3.05) is 10.6 Å². The molecule has 0 aliphatic rings. The molecule has 5 heteroatoms. The lowest BCUT2D eigenvalue weighted by Gasteiger charge is -2.10. The second-order valence-electron chi connectivity index (χ2n) is 4.60. The van der Waals surface area contributed by atoms with Gasteiger partial charge in [-0.15, -0.1) is 0 Å². The van der Waals surface area contributed by atoms with Crippen LogP contribution in [0.1, 0.15) is 0 Å². The molecule has 108 valence electrons. The maximum atomic E-state index is 12.1. The number of anilines is 2. The second-order valence-corrected chi connectivity index (χ2v) is 4.60. The molecule has 0 spiro atoms. The maximum absolute atomic E-state index is 12.1. The fourth-order valence-electron chi connectivity index (χ4n) is 2.05. The molecule has 0 radical (unpaired) electrons. The zero-order valence-electron chi connectivity index (χ0n) is 11.7. The van der Waals surface area contributed by atoms with E-state index in [9.17, 15) is 4.79 Å². The summed E-state index contributed by atoms with van der Waals surface area (Å²) >= 11 is 0. The molecule has 0 aliphatic carbocycles. The fourth-order valence-corrected chi connectivity index (χ4v) is 2.05. The molecule has 3 aromatic rings. The second kappa shape index (κ2) is 6.49. The van der Waals surface area contributed by atoms with Crippen LogP contribution < -0.4 is 10.6 Å². The molecule has 0 atom stereocenters. The Morgan fingerprint density at radius 3 is 2.27 bits per heavy atom. The third kappa shape index (κ3) is 3.27. The van der Waals surface area contributed by atoms with Gasteiger partial charge in [-0.1, -0.05) is 48.5 Å². The highest BCUT2D eigenvalue weighted by atomic mass is 16.2. The molecule has 1 heterocycles. The molecule has 2 amide bonds. The first-order chi connectivity index (χ1) is 10.8. The minimum atomic E-state index is -0.335. The monoisotopic (exact) mass is 290 g/mol. The van der Waals surface area contributed by atoms with Gasteiger partial charge in [-0.05, 0) is 12.1 Å². The summed E-state index contributed by atoms with van der Waals surface area (Å²) in [5.74, 6) is 0. The number of aromatic nitrogens is 2. The van der Waals surface area contributed by atoms with Gasteiger partial charge >= 0.3 is 6.03 Å². The van der Waals surface area contributed by atoms with E-state index in [-0.39, 0.29) is 6.03 Å². The third-order valence-electron chi connectivity index (χ3n) is 3.04. The van der Waals surface area contributed by atoms with Crippen molar-refractivity contribution in [1.29, 1.82) is 0 Å². The van der Waals surface area contributed by atoms with Crippen molar-refractivity contribution < 1.29 is 4.79 Å². The van der Waals surface area contributed by atoms with Crippen molar-refractivity contribution in [2.24, 2.45) is 0 Å². The molecule has 0 bridgehead atoms. The first kappa shape index (κ1) is 13.8. The van der Waals surface area contributed by atoms with Crippen LogP contribution in [-0.4, -0.2) is 16.0 Å². The van der Waals surface area contributed by atoms with Crippen molar-refractivity contribution >= 4 is 17.4 Å². The van der Waals surface area contributed by atoms with Crippen LogP contribution in [0.4, 0.5) is 16.2 Å². The third-order valence-corrected chi connectivity index (χ3v) is 3.04. The predicted molar refractivity (Wildman–Crippen MR) is 86.6 cm³/mol. The lowest BCUT2D eigenvalue weighted by Crippen LogP contribution is -2.20. The van der Waals surface area contributed by atoms with E-state index in [0.29, 0.717) is 11.4 Å². The van der Waals surface area contributed by atoms with Crippen molar-refractivity contribution in [3.8, 4) is 11.3 Å². The van der Waals surface area contributed by atoms with E-state index in [1.165, 1.54) is 6.33 Å². The Bertz CT molecular complexity index is 760. The normalized spacial score (nSPS) is 10.0. The Balaban J connectivity index is 1.80. The molecule has 0 saturated heterocycles. The van der Waals surface area contributed by atoms with E-state index >= 15 is 0 Å². The first-order valence-corrected chi connectivity index (χ1v) is 6.81. The smallest absolute Gasteiger partial charge is 0.308 e. The Morgan fingerprint density at radius 2 is 1.55 bits per heavy atom. The van der Waals surface area contributed by atoms with Gasteiger partial charge in [-0.2, -0.15) is 0 Å². The highest BCUT2D eigenvalue weighted by Crippen LogP contribution is 2.24. The van der Waals surface area contributed by atoms with Gasteiger partial charge in [-0.25, -0.2) is 14.8 Å². The topological polar surface area (TPSA) is 66.9 Å². The quantitative estimate of drug-likeness (QED) is 0.771. The summed E-state index contributed by atoms with van der Waals surface area (Å²) in [4.78, 5) is 20.3. The number of hydrogen-bond acceptors (Lipinski definition) is 3. The van der Waals surface area contributed by atoms with Gasteiger partial charge < -0.3 is 10.6 Å². The van der Waals surface area contributed by atoms with E-state index in [1.54, 1.807) is 6.20 Å². The highest BCUT2D eigenvalue weighted by Gasteiger charge is 2.09. The number of benzene rings is 2. The fraction of sp³-hybridized carbons (Fsp3) is 0. The molecule has 22 heavy (non-hydrogen) atoms. The number of carbonyl (C=O) groups excluding carboxylic acids is 1. The minimum absolute atomic E-state index is 0.335. The SMILES string of the molecule is O=C(Nc1ccccc1)Nc1cncnc1-c1ccccc1. The van der Waals surface area contributed by atoms with Crippen molar-refractivity contribution in [3.63, 3.8) is 0 Å². The number of nitrogens with zero attached hydrogens (tertiary/aromatic N) is 2. The van der Waals surface area contributed by atoms with E-state index in [0.717, 1.165) is 11.3 Å². The molecule has 3 rings (SSSR count). The molecule has 2 N–H and O–H groups in total. The van der Waals surface area contributed by atoms with Crippen LogP contribution in [-0.2, 0) is 0 Å². The minimum Gasteiger partial charge on any atom is -0.308 e. The van der Waals surface area contributed by atoms with Crippen LogP contribution >= 0.6 is 0 Å². The summed E-state index contributed by atoms with van der Waals surface area (Å²) < 4.78 is 0. The van der Waals surface area contributed by atoms with Gasteiger partial charge in [0, 0.05) is 11.3 Å². The van der Waals surface area contributed by atoms with E-state index in [1.807, 2.05) is 60.7 Å². The average Bonchev–Trinajstić information content (AvgIpc) is 2.57. The van der Waals surface area contributed by atoms with Gasteiger partial charge in [0.15, 0.2) is 0 Å². The van der Waals surface area contributed by atoms with Crippen LogP contribution in [0.25, 0.3) is 11.3 Å². The van der Waals surface area contributed by atoms with Crippen molar-refractivity contribution in [3.05, 3.63) is 73.2 Å². The summed E-state index contributed by atoms with van der Waals surface area (Å²) in [6.07, 6.45) is 3.04. The molecule has 5 nitrogen and oxygen atoms in total. The Hall–Kier alpha value is -3.21. The van der Waals surface area contributed by atoms with Crippen molar-refractivity contribution in [2.45, 2.75) is 0 Å². The van der Waals surface area contributed by atoms with Crippen LogP contribution in [0, 0.1) is 0 Å². The Kier molecular flexibility index (Phi) is 4.06. The number of urea groups is 1. The lowest BCUT2D eigenvalue weighted by atomic mass is 10.1. The molecule has 0 fully saturated rings. The standard InChI is InChI=1S/C17H14N4O/c22-17(20-14-9-5-2-6-10-14)21-15-11-18-12-19-16(15)13-7-3-1-4-8-13/h1-12H,(H2,20,21,22). The maximum Gasteiger partial charge on any atom is 0.323 e. The summed E-state index contributed by atoms with van der Waals surface area (Å²) in [5, 5.41) is 5.55. The zero-order chi connectivity index (χ0) is 15.2. The van der Waals surface area contributed by atoms with E-state index in [4.69, 9.17) is 0 Å². The molecular weight excluding hydrogens is 276 g/mol. The predicted octanol–water partition coefficient (Wildman–Crippen LogP) is 3.79. The largest absolute Gasteiger partial charge is 0.323 e. The molecule has 0 aliphatic heterocycles. The first-order valence-electron chi connectivity index (χ1n) is 6.81. The summed E-state index contributed by atoms with van der Waals surface area (Å²) in [7, 11) is 0. The van der Waals surface area contributed by atoms with Gasteiger partial charge in [0.25, 0.3) is 0 Å². The van der Waals surface area contributed by atoms with Gasteiger partial charge in [-0.3, -0.25) is 0 Å². The number of rotatable bonds is 3. The molecule has 2 aromatic carbocycles. The summed E-state index contributed by atoms with van der Waals surface area (Å²) in [6, 6.07) is 18.5. The zero-order valence-corrected chi connectivity index (χ0v) is 11.7. The van der Waals surface area contributed by atoms with Crippen LogP contribution in [0.3, 0.4) is 0 Å². The van der Waals surface area contributed by atoms with Crippen LogP contribution in [0.2, 0.25) is 0 Å². The highest BCUT2D eigenvalue weighted by molar-refractivity contribution is 6.01. The van der Waals surface area contributed by atoms with Gasteiger partial charge in [0.05, 0.1) is 17.6 Å². The number of hydrogen-bond donors (Lipinski definition) is 2. The Labute approximate surface area is 128 Å². The summed E-state index contributed by atoms with van der Waals surface area (Å²) in [6.45, 7) is 0. The molecular formula is C17H14N4O. The van der Waals surface area contributed by atoms with Crippen LogP contribution in [0.5, 0.6) is 0 Å². The number of amides is 2. The lowest BCUT2D eigenvalue weighted by molar-refractivity contribution is 0.262. The molecule has 1 aromatic heterocycles. The molecule has 0 saturated carbocycles. The summed E-state index contributed by atoms with van der Waals surface area (Å²) in [5.41, 5.74) is 2.87. The van der Waals surface area contributed by atoms with E-state index < -0.39 is 0 Å². The van der Waals surface area contributed by atoms with Crippen molar-refractivity contribution in [1.82, 2.24) is 9.97 Å². The number of carbonyl (C=O) groups is 1. The van der Waals surface area contributed by atoms with Crippen LogP contribution in [0.15, 0.2) is 73.2 Å². The average molecular weight is 290 g/mol. The Morgan fingerprint density at radius 1 is 0.864 bits per heavy atom. The number of para-hydroxylation sites is 1. The number of nitrogens with one attached hydrogen (secondary N) is 2. The van der Waals surface area contributed by atoms with Gasteiger partial charge in [0.2, 0.25) is 0 Å².